The summed E-state index contributed by atoms with van der Waals surface area (Å²) in [4.78, 5) is 4.28. The summed E-state index contributed by atoms with van der Waals surface area (Å²) in [5.41, 5.74) is 2.70. The lowest BCUT2D eigenvalue weighted by Gasteiger charge is -2.07. The van der Waals surface area contributed by atoms with Gasteiger partial charge in [-0.25, -0.2) is 0 Å². The number of hydrogen-bond acceptors (Lipinski definition) is 1. The lowest BCUT2D eigenvalue weighted by atomic mass is 10.0. The number of nitrogens with zero attached hydrogens (tertiary/aromatic N) is 1. The van der Waals surface area contributed by atoms with Gasteiger partial charge >= 0.3 is 0 Å². The molecule has 0 aliphatic carbocycles. The van der Waals surface area contributed by atoms with Crippen LogP contribution in [0.25, 0.3) is 0 Å². The maximum absolute atomic E-state index is 4.28. The minimum Gasteiger partial charge on any atom is -0.293 e. The first-order valence-corrected chi connectivity index (χ1v) is 4.91. The molecule has 0 saturated heterocycles. The van der Waals surface area contributed by atoms with Crippen LogP contribution in [0, 0.1) is 0 Å². The maximum atomic E-state index is 4.28. The maximum Gasteiger partial charge on any atom is 0.0370 e. The fraction of sp³-hybridized carbons (Fsp3) is 0.727. The zero-order valence-corrected chi connectivity index (χ0v) is 8.85. The van der Waals surface area contributed by atoms with Crippen molar-refractivity contribution in [2.45, 2.75) is 46.5 Å². The highest BCUT2D eigenvalue weighted by molar-refractivity contribution is 5.99. The van der Waals surface area contributed by atoms with Crippen LogP contribution in [0.1, 0.15) is 46.5 Å². The topological polar surface area (TPSA) is 12.4 Å². The summed E-state index contributed by atoms with van der Waals surface area (Å²) in [5.74, 6) is 0. The minimum absolute atomic E-state index is 1.06. The van der Waals surface area contributed by atoms with E-state index in [-0.39, 0.29) is 0 Å². The lowest BCUT2D eigenvalue weighted by Crippen LogP contribution is -2.01. The summed E-state index contributed by atoms with van der Waals surface area (Å²) in [6.07, 6.45) is 6.98. The van der Waals surface area contributed by atoms with Crippen LogP contribution in [-0.4, -0.2) is 12.8 Å². The van der Waals surface area contributed by atoms with Crippen LogP contribution in [0.5, 0.6) is 0 Å². The largest absolute Gasteiger partial charge is 0.293 e. The molecule has 1 nitrogen and oxygen atoms in total. The molecule has 0 unspecified atom stereocenters. The van der Waals surface area contributed by atoms with Gasteiger partial charge in [-0.05, 0) is 31.8 Å². The SMILES string of the molecule is C/C=C(/CCCC)C(CC)=NC. The smallest absolute Gasteiger partial charge is 0.0370 e. The van der Waals surface area contributed by atoms with Crippen LogP contribution >= 0.6 is 0 Å². The average molecular weight is 167 g/mol. The fourth-order valence-corrected chi connectivity index (χ4v) is 1.35. The van der Waals surface area contributed by atoms with Crippen LogP contribution in [0.4, 0.5) is 0 Å². The van der Waals surface area contributed by atoms with E-state index < -0.39 is 0 Å². The summed E-state index contributed by atoms with van der Waals surface area (Å²) in [5, 5.41) is 0. The predicted molar refractivity (Wildman–Crippen MR) is 56.9 cm³/mol. The molecule has 0 aliphatic rings. The van der Waals surface area contributed by atoms with E-state index >= 15 is 0 Å². The van der Waals surface area contributed by atoms with Crippen LogP contribution in [0.3, 0.4) is 0 Å². The Morgan fingerprint density at radius 3 is 2.33 bits per heavy atom. The van der Waals surface area contributed by atoms with Gasteiger partial charge in [0.1, 0.15) is 0 Å². The second-order valence-corrected chi connectivity index (χ2v) is 2.94. The summed E-state index contributed by atoms with van der Waals surface area (Å²) in [6, 6.07) is 0. The van der Waals surface area contributed by atoms with Crippen LogP contribution in [-0.2, 0) is 0 Å². The molecule has 0 atom stereocenters. The van der Waals surface area contributed by atoms with Gasteiger partial charge in [-0.2, -0.15) is 0 Å². The van der Waals surface area contributed by atoms with Crippen LogP contribution in [0.15, 0.2) is 16.6 Å². The van der Waals surface area contributed by atoms with E-state index in [0.29, 0.717) is 0 Å². The molecular formula is C11H21N. The van der Waals surface area contributed by atoms with E-state index in [4.69, 9.17) is 0 Å². The zero-order chi connectivity index (χ0) is 9.40. The van der Waals surface area contributed by atoms with Gasteiger partial charge in [0.2, 0.25) is 0 Å². The molecule has 0 aromatic heterocycles. The molecule has 0 aliphatic heterocycles. The molecule has 0 fully saturated rings. The molecule has 0 amide bonds. The standard InChI is InChI=1S/C11H21N/c1-5-8-9-10(6-2)11(7-3)12-4/h6H,5,7-9H2,1-4H3/b10-6-,12-11?. The van der Waals surface area contributed by atoms with Crippen molar-refractivity contribution >= 4 is 5.71 Å². The van der Waals surface area contributed by atoms with Crippen molar-refractivity contribution in [3.05, 3.63) is 11.6 Å². The zero-order valence-electron chi connectivity index (χ0n) is 8.85. The van der Waals surface area contributed by atoms with E-state index in [1.54, 1.807) is 0 Å². The van der Waals surface area contributed by atoms with Crippen molar-refractivity contribution in [1.29, 1.82) is 0 Å². The molecule has 1 heteroatoms. The summed E-state index contributed by atoms with van der Waals surface area (Å²) in [7, 11) is 1.88. The Balaban J connectivity index is 4.15. The van der Waals surface area contributed by atoms with E-state index in [1.807, 2.05) is 7.05 Å². The first-order chi connectivity index (χ1) is 5.79. The Kier molecular flexibility index (Phi) is 6.73. The monoisotopic (exact) mass is 167 g/mol. The van der Waals surface area contributed by atoms with Gasteiger partial charge in [-0.3, -0.25) is 4.99 Å². The van der Waals surface area contributed by atoms with Crippen LogP contribution < -0.4 is 0 Å². The first kappa shape index (κ1) is 11.4. The Hall–Kier alpha value is -0.590. The molecular weight excluding hydrogens is 146 g/mol. The second kappa shape index (κ2) is 7.08. The molecule has 0 heterocycles. The van der Waals surface area contributed by atoms with Gasteiger partial charge in [0.15, 0.2) is 0 Å². The average Bonchev–Trinajstić information content (AvgIpc) is 2.12. The molecule has 0 spiro atoms. The Morgan fingerprint density at radius 2 is 2.00 bits per heavy atom. The summed E-state index contributed by atoms with van der Waals surface area (Å²) >= 11 is 0. The quantitative estimate of drug-likeness (QED) is 0.555. The normalized spacial score (nSPS) is 13.7. The Bertz CT molecular complexity index is 166. The third kappa shape index (κ3) is 3.70. The van der Waals surface area contributed by atoms with E-state index in [9.17, 15) is 0 Å². The molecule has 0 aromatic rings. The third-order valence-corrected chi connectivity index (χ3v) is 2.12. The summed E-state index contributed by atoms with van der Waals surface area (Å²) < 4.78 is 0. The Morgan fingerprint density at radius 1 is 1.33 bits per heavy atom. The molecule has 0 radical (unpaired) electrons. The van der Waals surface area contributed by atoms with Crippen LogP contribution in [0.2, 0.25) is 0 Å². The molecule has 0 rings (SSSR count). The van der Waals surface area contributed by atoms with Crippen molar-refractivity contribution in [1.82, 2.24) is 0 Å². The van der Waals surface area contributed by atoms with Crippen molar-refractivity contribution in [3.8, 4) is 0 Å². The number of unbranched alkanes of at least 4 members (excludes halogenated alkanes) is 1. The number of hydrogen-bond donors (Lipinski definition) is 0. The molecule has 0 N–H and O–H groups in total. The first-order valence-electron chi connectivity index (χ1n) is 4.91. The highest BCUT2D eigenvalue weighted by atomic mass is 14.7. The fourth-order valence-electron chi connectivity index (χ4n) is 1.35. The van der Waals surface area contributed by atoms with Gasteiger partial charge in [-0.1, -0.05) is 26.3 Å². The van der Waals surface area contributed by atoms with E-state index in [1.165, 1.54) is 30.5 Å². The molecule has 0 saturated carbocycles. The van der Waals surface area contributed by atoms with Gasteiger partial charge in [0, 0.05) is 12.8 Å². The number of rotatable bonds is 5. The number of allylic oxidation sites excluding steroid dienone is 2. The number of aliphatic imine (C=N–C) groups is 1. The third-order valence-electron chi connectivity index (χ3n) is 2.12. The van der Waals surface area contributed by atoms with Crippen molar-refractivity contribution in [2.75, 3.05) is 7.05 Å². The lowest BCUT2D eigenvalue weighted by molar-refractivity contribution is 0.799. The molecule has 12 heavy (non-hydrogen) atoms. The van der Waals surface area contributed by atoms with Gasteiger partial charge in [0.25, 0.3) is 0 Å². The Labute approximate surface area is 76.6 Å². The van der Waals surface area contributed by atoms with E-state index in [2.05, 4.69) is 31.8 Å². The molecule has 0 aromatic carbocycles. The van der Waals surface area contributed by atoms with Gasteiger partial charge < -0.3 is 0 Å². The molecule has 0 bridgehead atoms. The van der Waals surface area contributed by atoms with Crippen molar-refractivity contribution < 1.29 is 0 Å². The highest BCUT2D eigenvalue weighted by Crippen LogP contribution is 2.11. The molecule has 70 valence electrons. The van der Waals surface area contributed by atoms with Gasteiger partial charge in [-0.15, -0.1) is 0 Å². The minimum atomic E-state index is 1.06. The second-order valence-electron chi connectivity index (χ2n) is 2.94. The summed E-state index contributed by atoms with van der Waals surface area (Å²) in [6.45, 7) is 6.49. The predicted octanol–water partition coefficient (Wildman–Crippen LogP) is 3.60. The van der Waals surface area contributed by atoms with Crippen molar-refractivity contribution in [3.63, 3.8) is 0 Å². The van der Waals surface area contributed by atoms with Crippen molar-refractivity contribution in [2.24, 2.45) is 4.99 Å². The van der Waals surface area contributed by atoms with Gasteiger partial charge in [0.05, 0.1) is 0 Å². The highest BCUT2D eigenvalue weighted by Gasteiger charge is 2.01. The van der Waals surface area contributed by atoms with E-state index in [0.717, 1.165) is 6.42 Å².